The summed E-state index contributed by atoms with van der Waals surface area (Å²) < 4.78 is 57.9. The molecule has 0 aliphatic rings. The lowest BCUT2D eigenvalue weighted by atomic mass is 10.0. The van der Waals surface area contributed by atoms with E-state index in [9.17, 15) is 27.5 Å². The van der Waals surface area contributed by atoms with Crippen LogP contribution in [0.4, 0.5) is 17.6 Å². The van der Waals surface area contributed by atoms with Gasteiger partial charge >= 0.3 is 11.8 Å². The maximum absolute atomic E-state index is 13.2. The minimum absolute atomic E-state index is 0.274. The van der Waals surface area contributed by atoms with Crippen molar-refractivity contribution in [3.63, 3.8) is 0 Å². The van der Waals surface area contributed by atoms with Crippen LogP contribution in [0.1, 0.15) is 11.8 Å². The largest absolute Gasteiger partial charge is 0.423 e. The first kappa shape index (κ1) is 21.5. The van der Waals surface area contributed by atoms with Crippen molar-refractivity contribution in [3.8, 4) is 11.1 Å². The van der Waals surface area contributed by atoms with Crippen molar-refractivity contribution in [2.45, 2.75) is 27.9 Å². The maximum Gasteiger partial charge on any atom is 0.422 e. The molecule has 0 saturated carbocycles. The number of aliphatic hydroxyl groups is 1. The van der Waals surface area contributed by atoms with E-state index in [0.717, 1.165) is 29.3 Å². The lowest BCUT2D eigenvalue weighted by Crippen LogP contribution is -2.38. The smallest absolute Gasteiger partial charge is 0.422 e. The molecule has 4 aromatic rings. The fourth-order valence-electron chi connectivity index (χ4n) is 2.85. The Morgan fingerprint density at radius 1 is 1.10 bits per heavy atom. The third kappa shape index (κ3) is 4.23. The molecule has 2 heterocycles. The summed E-state index contributed by atoms with van der Waals surface area (Å²) in [7, 11) is 0. The highest BCUT2D eigenvalue weighted by atomic mass is 32.2. The molecule has 0 radical (unpaired) electrons. The molecule has 0 aliphatic carbocycles. The Morgan fingerprint density at radius 2 is 1.81 bits per heavy atom. The van der Waals surface area contributed by atoms with E-state index in [1.165, 1.54) is 18.2 Å². The first-order chi connectivity index (χ1) is 14.5. The second kappa shape index (κ2) is 7.77. The van der Waals surface area contributed by atoms with Crippen molar-refractivity contribution in [1.82, 2.24) is 4.98 Å². The van der Waals surface area contributed by atoms with E-state index >= 15 is 0 Å². The van der Waals surface area contributed by atoms with Crippen LogP contribution >= 0.6 is 23.1 Å². The molecule has 2 aromatic heterocycles. The number of rotatable bonds is 4. The van der Waals surface area contributed by atoms with Gasteiger partial charge in [-0.15, -0.1) is 11.3 Å². The number of fused-ring (bicyclic) bond motifs is 1. The van der Waals surface area contributed by atoms with Gasteiger partial charge < -0.3 is 9.52 Å². The quantitative estimate of drug-likeness (QED) is 0.296. The highest BCUT2D eigenvalue weighted by Gasteiger charge is 2.52. The van der Waals surface area contributed by atoms with E-state index in [1.807, 2.05) is 0 Å². The van der Waals surface area contributed by atoms with Crippen molar-refractivity contribution in [2.75, 3.05) is 0 Å². The number of aromatic nitrogens is 1. The topological polar surface area (TPSA) is 63.3 Å². The van der Waals surface area contributed by atoms with Crippen molar-refractivity contribution in [3.05, 3.63) is 75.8 Å². The van der Waals surface area contributed by atoms with Crippen LogP contribution in [0.25, 0.3) is 22.1 Å². The second-order valence-electron chi connectivity index (χ2n) is 6.81. The summed E-state index contributed by atoms with van der Waals surface area (Å²) in [6.45, 7) is 0.677. The van der Waals surface area contributed by atoms with Crippen molar-refractivity contribution in [2.24, 2.45) is 0 Å². The monoisotopic (exact) mass is 467 g/mol. The first-order valence-corrected chi connectivity index (χ1v) is 10.4. The summed E-state index contributed by atoms with van der Waals surface area (Å²) in [6, 6.07) is 12.0. The molecular weight excluding hydrogens is 454 g/mol. The van der Waals surface area contributed by atoms with E-state index in [-0.39, 0.29) is 14.8 Å². The van der Waals surface area contributed by atoms with Gasteiger partial charge in [-0.05, 0) is 48.4 Å². The van der Waals surface area contributed by atoms with Gasteiger partial charge in [-0.2, -0.15) is 13.2 Å². The van der Waals surface area contributed by atoms with Crippen LogP contribution in [-0.2, 0) is 5.60 Å². The summed E-state index contributed by atoms with van der Waals surface area (Å²) in [6.07, 6.45) is -3.83. The highest BCUT2D eigenvalue weighted by Crippen LogP contribution is 2.43. The molecule has 0 bridgehead atoms. The highest BCUT2D eigenvalue weighted by molar-refractivity contribution is 8.01. The van der Waals surface area contributed by atoms with Crippen LogP contribution in [0.15, 0.2) is 73.2 Å². The zero-order chi connectivity index (χ0) is 22.4. The molecule has 0 aliphatic heterocycles. The van der Waals surface area contributed by atoms with Gasteiger partial charge in [0.1, 0.15) is 11.4 Å². The van der Waals surface area contributed by atoms with Crippen molar-refractivity contribution in [1.29, 1.82) is 0 Å². The number of alkyl halides is 3. The summed E-state index contributed by atoms with van der Waals surface area (Å²) in [5, 5.41) is 10.4. The third-order valence-corrected chi connectivity index (χ3v) is 6.87. The number of hydrogen-bond donors (Lipinski definition) is 1. The Balaban J connectivity index is 1.68. The summed E-state index contributed by atoms with van der Waals surface area (Å²) in [4.78, 5) is 16.2. The van der Waals surface area contributed by atoms with Crippen LogP contribution < -0.4 is 5.63 Å². The Bertz CT molecular complexity index is 1310. The summed E-state index contributed by atoms with van der Waals surface area (Å²) >= 11 is 1.80. The van der Waals surface area contributed by atoms with Gasteiger partial charge in [-0.3, -0.25) is 0 Å². The van der Waals surface area contributed by atoms with Crippen LogP contribution in [0, 0.1) is 5.82 Å². The molecule has 160 valence electrons. The predicted octanol–water partition coefficient (Wildman–Crippen LogP) is 5.98. The Morgan fingerprint density at radius 3 is 2.48 bits per heavy atom. The lowest BCUT2D eigenvalue weighted by molar-refractivity contribution is -0.257. The number of hydrogen-bond acceptors (Lipinski definition) is 6. The van der Waals surface area contributed by atoms with Gasteiger partial charge in [-0.1, -0.05) is 23.9 Å². The fraction of sp³-hybridized carbons (Fsp3) is 0.143. The van der Waals surface area contributed by atoms with E-state index in [0.29, 0.717) is 28.3 Å². The molecule has 2 aromatic carbocycles. The fourth-order valence-corrected chi connectivity index (χ4v) is 4.89. The molecule has 0 fully saturated rings. The van der Waals surface area contributed by atoms with Gasteiger partial charge in [0.05, 0.1) is 4.88 Å². The standard InChI is InChI=1S/C21H13F4NO3S2/c1-20(28,21(23,24)25)17-10-26-19(31-17)30-13-6-7-14-15(9-18(27)29-16(14)8-13)11-2-4-12(22)5-3-11/h2-10,28H,1H3. The second-order valence-corrected chi connectivity index (χ2v) is 9.16. The number of benzene rings is 2. The average molecular weight is 467 g/mol. The number of thiazole rings is 1. The molecule has 4 nitrogen and oxygen atoms in total. The van der Waals surface area contributed by atoms with Crippen molar-refractivity contribution < 1.29 is 27.1 Å². The number of nitrogens with zero attached hydrogens (tertiary/aromatic N) is 1. The maximum atomic E-state index is 13.2. The SMILES string of the molecule is CC(O)(c1cnc(Sc2ccc3c(-c4ccc(F)cc4)cc(=O)oc3c2)s1)C(F)(F)F. The average Bonchev–Trinajstić information content (AvgIpc) is 3.16. The van der Waals surface area contributed by atoms with Crippen LogP contribution in [-0.4, -0.2) is 16.3 Å². The summed E-state index contributed by atoms with van der Waals surface area (Å²) in [5.74, 6) is -0.401. The van der Waals surface area contributed by atoms with E-state index in [2.05, 4.69) is 4.98 Å². The first-order valence-electron chi connectivity index (χ1n) is 8.82. The molecule has 31 heavy (non-hydrogen) atoms. The predicted molar refractivity (Wildman–Crippen MR) is 110 cm³/mol. The molecule has 1 atom stereocenters. The van der Waals surface area contributed by atoms with Crippen LogP contribution in [0.2, 0.25) is 0 Å². The molecule has 10 heteroatoms. The van der Waals surface area contributed by atoms with E-state index in [1.54, 1.807) is 30.3 Å². The molecule has 0 amide bonds. The zero-order valence-electron chi connectivity index (χ0n) is 15.7. The molecular formula is C21H13F4NO3S2. The zero-order valence-corrected chi connectivity index (χ0v) is 17.4. The Hall–Kier alpha value is -2.69. The van der Waals surface area contributed by atoms with Crippen molar-refractivity contribution >= 4 is 34.1 Å². The third-order valence-electron chi connectivity index (χ3n) is 4.59. The molecule has 1 N–H and O–H groups in total. The summed E-state index contributed by atoms with van der Waals surface area (Å²) in [5.41, 5.74) is -2.11. The Labute approximate surface area is 181 Å². The lowest BCUT2D eigenvalue weighted by Gasteiger charge is -2.24. The van der Waals surface area contributed by atoms with Crippen LogP contribution in [0.5, 0.6) is 0 Å². The minimum Gasteiger partial charge on any atom is -0.423 e. The molecule has 0 saturated heterocycles. The van der Waals surface area contributed by atoms with Gasteiger partial charge in [0.2, 0.25) is 0 Å². The minimum atomic E-state index is -4.83. The number of halogens is 4. The van der Waals surface area contributed by atoms with Crippen LogP contribution in [0.3, 0.4) is 0 Å². The van der Waals surface area contributed by atoms with Gasteiger partial charge in [-0.25, -0.2) is 14.2 Å². The normalized spacial score (nSPS) is 14.0. The van der Waals surface area contributed by atoms with Gasteiger partial charge in [0.15, 0.2) is 9.94 Å². The Kier molecular flexibility index (Phi) is 5.40. The molecule has 1 unspecified atom stereocenters. The van der Waals surface area contributed by atoms with Gasteiger partial charge in [0.25, 0.3) is 0 Å². The van der Waals surface area contributed by atoms with Gasteiger partial charge in [0, 0.05) is 22.5 Å². The molecule has 4 rings (SSSR count). The molecule has 0 spiro atoms. The van der Waals surface area contributed by atoms with E-state index in [4.69, 9.17) is 4.42 Å². The van der Waals surface area contributed by atoms with E-state index < -0.39 is 23.2 Å².